The molecule has 5 rings (SSSR count). The largest absolute Gasteiger partial charge is 0.508 e. The topological polar surface area (TPSA) is 55.8 Å². The Morgan fingerprint density at radius 3 is 1.73 bits per heavy atom. The summed E-state index contributed by atoms with van der Waals surface area (Å²) in [6, 6.07) is 27.9. The highest BCUT2D eigenvalue weighted by atomic mass is 16.5. The first-order chi connectivity index (χ1) is 20.7. The molecule has 3 unspecified atom stereocenters. The third kappa shape index (κ3) is 9.11. The number of hydrogen-bond acceptors (Lipinski definition) is 4. The molecule has 236 valence electrons. The lowest BCUT2D eigenvalue weighted by atomic mass is 9.91. The summed E-state index contributed by atoms with van der Waals surface area (Å²) in [5.41, 5.74) is 3.67. The fraction of sp³-hybridized carbons (Fsp3) is 0.425. The molecule has 0 saturated heterocycles. The third-order valence-corrected chi connectivity index (χ3v) is 8.67. The highest BCUT2D eigenvalue weighted by Gasteiger charge is 2.28. The average molecular weight is 597 g/mol. The van der Waals surface area contributed by atoms with Gasteiger partial charge < -0.3 is 14.6 Å². The maximum atomic E-state index is 11.9. The molecule has 0 spiro atoms. The van der Waals surface area contributed by atoms with Gasteiger partial charge in [-0.25, -0.2) is 0 Å². The molecule has 0 radical (unpaired) electrons. The Bertz CT molecular complexity index is 1450. The predicted octanol–water partition coefficient (Wildman–Crippen LogP) is 11.2. The van der Waals surface area contributed by atoms with Gasteiger partial charge in [0.25, 0.3) is 0 Å². The summed E-state index contributed by atoms with van der Waals surface area (Å²) < 4.78 is 11.1. The van der Waals surface area contributed by atoms with Crippen LogP contribution in [-0.4, -0.2) is 16.7 Å². The summed E-state index contributed by atoms with van der Waals surface area (Å²) in [4.78, 5) is 11.9. The zero-order valence-electron chi connectivity index (χ0n) is 28.4. The summed E-state index contributed by atoms with van der Waals surface area (Å²) in [5.74, 6) is 3.40. The lowest BCUT2D eigenvalue weighted by Crippen LogP contribution is -2.28. The summed E-state index contributed by atoms with van der Waals surface area (Å²) in [5, 5.41) is 11.9. The summed E-state index contributed by atoms with van der Waals surface area (Å²) >= 11 is 0. The van der Waals surface area contributed by atoms with Crippen LogP contribution in [0.25, 0.3) is 10.8 Å². The van der Waals surface area contributed by atoms with Crippen molar-refractivity contribution >= 4 is 16.7 Å². The van der Waals surface area contributed by atoms with Crippen molar-refractivity contribution in [2.45, 2.75) is 105 Å². The van der Waals surface area contributed by atoms with Crippen molar-refractivity contribution in [3.05, 3.63) is 102 Å². The number of phenols is 1. The molecule has 4 aromatic rings. The molecule has 3 atom stereocenters. The number of hydrogen-bond donors (Lipinski definition) is 1. The van der Waals surface area contributed by atoms with Crippen LogP contribution in [0.2, 0.25) is 0 Å². The number of aromatic hydroxyl groups is 1. The van der Waals surface area contributed by atoms with Crippen molar-refractivity contribution in [3.63, 3.8) is 0 Å². The second-order valence-corrected chi connectivity index (χ2v) is 13.6. The molecule has 44 heavy (non-hydrogen) atoms. The summed E-state index contributed by atoms with van der Waals surface area (Å²) in [7, 11) is 0. The highest BCUT2D eigenvalue weighted by molar-refractivity contribution is 5.92. The predicted molar refractivity (Wildman–Crippen MR) is 184 cm³/mol. The molecule has 0 aliphatic heterocycles. The van der Waals surface area contributed by atoms with Gasteiger partial charge in [-0.1, -0.05) is 83.1 Å². The monoisotopic (exact) mass is 596 g/mol. The van der Waals surface area contributed by atoms with Gasteiger partial charge in [-0.15, -0.1) is 0 Å². The van der Waals surface area contributed by atoms with Crippen molar-refractivity contribution in [2.24, 2.45) is 5.41 Å². The number of esters is 1. The van der Waals surface area contributed by atoms with E-state index in [4.69, 9.17) is 14.6 Å². The van der Waals surface area contributed by atoms with Crippen molar-refractivity contribution in [1.29, 1.82) is 0 Å². The van der Waals surface area contributed by atoms with Crippen LogP contribution in [0.1, 0.15) is 117 Å². The Balaban J connectivity index is 0.000000187. The summed E-state index contributed by atoms with van der Waals surface area (Å²) in [6.07, 6.45) is 1.89. The van der Waals surface area contributed by atoms with E-state index < -0.39 is 5.41 Å². The van der Waals surface area contributed by atoms with Crippen LogP contribution < -0.4 is 9.47 Å². The minimum atomic E-state index is -0.458. The average Bonchev–Trinajstić information content (AvgIpc) is 3.24. The molecule has 0 bridgehead atoms. The lowest BCUT2D eigenvalue weighted by Gasteiger charge is -2.22. The maximum absolute atomic E-state index is 11.9. The van der Waals surface area contributed by atoms with Gasteiger partial charge in [0.15, 0.2) is 0 Å². The Morgan fingerprint density at radius 1 is 0.773 bits per heavy atom. The molecule has 4 heteroatoms. The van der Waals surface area contributed by atoms with Gasteiger partial charge in [-0.3, -0.25) is 4.79 Å². The van der Waals surface area contributed by atoms with Crippen LogP contribution in [0.5, 0.6) is 17.2 Å². The van der Waals surface area contributed by atoms with E-state index in [1.165, 1.54) is 27.5 Å². The highest BCUT2D eigenvalue weighted by Crippen LogP contribution is 2.45. The fourth-order valence-electron chi connectivity index (χ4n) is 5.05. The van der Waals surface area contributed by atoms with Crippen LogP contribution in [0.15, 0.2) is 84.9 Å². The summed E-state index contributed by atoms with van der Waals surface area (Å²) in [6.45, 7) is 20.7. The first-order valence-corrected chi connectivity index (χ1v) is 16.0. The van der Waals surface area contributed by atoms with Crippen molar-refractivity contribution in [3.8, 4) is 17.2 Å². The molecule has 0 heterocycles. The van der Waals surface area contributed by atoms with E-state index in [9.17, 15) is 4.79 Å². The molecule has 4 aromatic carbocycles. The normalized spacial score (nSPS) is 16.2. The van der Waals surface area contributed by atoms with Gasteiger partial charge >= 0.3 is 5.97 Å². The minimum absolute atomic E-state index is 0.209. The molecule has 0 saturated carbocycles. The van der Waals surface area contributed by atoms with E-state index in [1.807, 2.05) is 65.8 Å². The SMILES string of the molecule is CC1c2cccc3cccc(c23)C1C.CCC(C)(C)C(=O)Oc1ccc(OC(C)(C)C)cc1.CCC(C)c1ccc(O)cc1. The molecular weight excluding hydrogens is 544 g/mol. The van der Waals surface area contributed by atoms with Gasteiger partial charge in [0.05, 0.1) is 5.41 Å². The first kappa shape index (κ1) is 34.7. The Kier molecular flexibility index (Phi) is 11.7. The number of carbonyl (C=O) groups is 1. The number of phenolic OH excluding ortho intramolecular Hbond substituents is 1. The lowest BCUT2D eigenvalue weighted by molar-refractivity contribution is -0.144. The number of carbonyl (C=O) groups excluding carboxylic acids is 1. The van der Waals surface area contributed by atoms with E-state index in [-0.39, 0.29) is 11.6 Å². The maximum Gasteiger partial charge on any atom is 0.316 e. The first-order valence-electron chi connectivity index (χ1n) is 16.0. The molecule has 1 N–H and O–H groups in total. The molecule has 0 aromatic heterocycles. The van der Waals surface area contributed by atoms with Crippen molar-refractivity contribution in [2.75, 3.05) is 0 Å². The second-order valence-electron chi connectivity index (χ2n) is 13.6. The van der Waals surface area contributed by atoms with Crippen LogP contribution in [0.3, 0.4) is 0 Å². The minimum Gasteiger partial charge on any atom is -0.508 e. The van der Waals surface area contributed by atoms with Crippen LogP contribution in [0.4, 0.5) is 0 Å². The molecule has 4 nitrogen and oxygen atoms in total. The standard InChI is InChI=1S/C16H24O3.C14H14.C10H14O/c1-7-16(5,6)14(17)18-12-8-10-13(11-9-12)19-15(2,3)4;1-9-10(2)13-8-4-6-11-5-3-7-12(9)14(11)13;1-3-8(2)9-4-6-10(11)7-5-9/h8-11H,7H2,1-6H3;3-10H,1-2H3;4-8,11H,3H2,1-2H3. The molecule has 1 aliphatic carbocycles. The van der Waals surface area contributed by atoms with Gasteiger partial charge in [0, 0.05) is 0 Å². The third-order valence-electron chi connectivity index (χ3n) is 8.67. The zero-order chi connectivity index (χ0) is 32.7. The Labute approximate surface area is 265 Å². The number of ether oxygens (including phenoxy) is 2. The Hall–Kier alpha value is -3.79. The van der Waals surface area contributed by atoms with E-state index >= 15 is 0 Å². The quantitative estimate of drug-likeness (QED) is 0.178. The van der Waals surface area contributed by atoms with Crippen LogP contribution in [-0.2, 0) is 4.79 Å². The number of rotatable bonds is 6. The van der Waals surface area contributed by atoms with Gasteiger partial charge in [0.2, 0.25) is 0 Å². The fourth-order valence-corrected chi connectivity index (χ4v) is 5.05. The van der Waals surface area contributed by atoms with Gasteiger partial charge in [-0.2, -0.15) is 0 Å². The number of benzene rings is 4. The van der Waals surface area contributed by atoms with E-state index in [1.54, 1.807) is 24.3 Å². The van der Waals surface area contributed by atoms with Gasteiger partial charge in [0.1, 0.15) is 22.8 Å². The van der Waals surface area contributed by atoms with E-state index in [0.717, 1.165) is 18.6 Å². The van der Waals surface area contributed by atoms with E-state index in [0.29, 0.717) is 29.3 Å². The van der Waals surface area contributed by atoms with Crippen molar-refractivity contribution < 1.29 is 19.4 Å². The smallest absolute Gasteiger partial charge is 0.316 e. The van der Waals surface area contributed by atoms with Crippen LogP contribution in [0, 0.1) is 5.41 Å². The molecule has 1 aliphatic rings. The Morgan fingerprint density at radius 2 is 1.27 bits per heavy atom. The van der Waals surface area contributed by atoms with E-state index in [2.05, 4.69) is 64.1 Å². The second kappa shape index (κ2) is 14.8. The van der Waals surface area contributed by atoms with Crippen LogP contribution >= 0.6 is 0 Å². The molecular formula is C40H52O4. The van der Waals surface area contributed by atoms with Gasteiger partial charge in [-0.05, 0) is 129 Å². The van der Waals surface area contributed by atoms with Crippen molar-refractivity contribution in [1.82, 2.24) is 0 Å². The zero-order valence-corrected chi connectivity index (χ0v) is 28.4. The molecule has 0 fully saturated rings. The molecule has 0 amide bonds.